The molecule has 0 aliphatic heterocycles. The van der Waals surface area contributed by atoms with Gasteiger partial charge in [0.15, 0.2) is 16.6 Å². The second-order valence-corrected chi connectivity index (χ2v) is 21.5. The summed E-state index contributed by atoms with van der Waals surface area (Å²) < 4.78 is 45.3. The summed E-state index contributed by atoms with van der Waals surface area (Å²) in [4.78, 5) is 0. The SMILES string of the molecule is CC(C)(C)[Si](C)(C)OCCOCCOCCOCCOCCOCCOCCO[Si](C)(C)C(C)(C)C. The van der Waals surface area contributed by atoms with Crippen LogP contribution in [0.1, 0.15) is 41.5 Å². The lowest BCUT2D eigenvalue weighted by Crippen LogP contribution is -2.41. The van der Waals surface area contributed by atoms with Crippen LogP contribution in [0.4, 0.5) is 0 Å². The first kappa shape index (κ1) is 36.1. The summed E-state index contributed by atoms with van der Waals surface area (Å²) in [6.07, 6.45) is 0. The third kappa shape index (κ3) is 18.4. The van der Waals surface area contributed by atoms with Crippen LogP contribution >= 0.6 is 0 Å². The summed E-state index contributed by atoms with van der Waals surface area (Å²) in [5.74, 6) is 0. The Balaban J connectivity index is 3.28. The first-order valence-corrected chi connectivity index (χ1v) is 19.3. The highest BCUT2D eigenvalue weighted by Crippen LogP contribution is 2.37. The third-order valence-corrected chi connectivity index (χ3v) is 15.9. The van der Waals surface area contributed by atoms with E-state index >= 15 is 0 Å². The fourth-order valence-electron chi connectivity index (χ4n) is 2.35. The van der Waals surface area contributed by atoms with E-state index in [2.05, 4.69) is 67.7 Å². The van der Waals surface area contributed by atoms with E-state index in [1.54, 1.807) is 0 Å². The van der Waals surface area contributed by atoms with Crippen LogP contribution in [0.5, 0.6) is 0 Å². The first-order valence-electron chi connectivity index (χ1n) is 13.4. The lowest BCUT2D eigenvalue weighted by Gasteiger charge is -2.36. The van der Waals surface area contributed by atoms with Crippen LogP contribution in [0.3, 0.4) is 0 Å². The quantitative estimate of drug-likeness (QED) is 0.127. The van der Waals surface area contributed by atoms with Gasteiger partial charge in [0.05, 0.1) is 92.5 Å². The summed E-state index contributed by atoms with van der Waals surface area (Å²) in [6.45, 7) is 30.5. The van der Waals surface area contributed by atoms with Gasteiger partial charge in [-0.2, -0.15) is 0 Å². The van der Waals surface area contributed by atoms with Gasteiger partial charge in [-0.05, 0) is 36.3 Å². The predicted octanol–water partition coefficient (Wildman–Crippen LogP) is 5.13. The molecule has 0 spiro atoms. The van der Waals surface area contributed by atoms with Gasteiger partial charge in [-0.25, -0.2) is 0 Å². The lowest BCUT2D eigenvalue weighted by atomic mass is 10.2. The molecule has 0 aliphatic rings. The first-order chi connectivity index (χ1) is 16.7. The molecule has 0 aromatic heterocycles. The average molecular weight is 555 g/mol. The van der Waals surface area contributed by atoms with Gasteiger partial charge in [0.2, 0.25) is 0 Å². The molecular formula is C26H58O8Si2. The topological polar surface area (TPSA) is 73.8 Å². The van der Waals surface area contributed by atoms with E-state index in [0.29, 0.717) is 92.5 Å². The molecule has 0 amide bonds. The molecule has 0 atom stereocenters. The van der Waals surface area contributed by atoms with Crippen LogP contribution in [0.2, 0.25) is 36.3 Å². The molecule has 0 N–H and O–H groups in total. The minimum Gasteiger partial charge on any atom is -0.414 e. The fourth-order valence-corrected chi connectivity index (χ4v) is 4.40. The van der Waals surface area contributed by atoms with Crippen molar-refractivity contribution in [2.45, 2.75) is 77.8 Å². The van der Waals surface area contributed by atoms with E-state index in [9.17, 15) is 0 Å². The molecule has 0 aromatic rings. The van der Waals surface area contributed by atoms with Crippen molar-refractivity contribution >= 4 is 16.6 Å². The van der Waals surface area contributed by atoms with E-state index in [0.717, 1.165) is 0 Å². The van der Waals surface area contributed by atoms with Crippen molar-refractivity contribution in [1.82, 2.24) is 0 Å². The zero-order valence-corrected chi connectivity index (χ0v) is 27.2. The predicted molar refractivity (Wildman–Crippen MR) is 151 cm³/mol. The van der Waals surface area contributed by atoms with E-state index in [1.165, 1.54) is 0 Å². The maximum atomic E-state index is 6.07. The smallest absolute Gasteiger partial charge is 0.192 e. The van der Waals surface area contributed by atoms with Crippen LogP contribution < -0.4 is 0 Å². The second kappa shape index (κ2) is 19.2. The van der Waals surface area contributed by atoms with Crippen molar-refractivity contribution < 1.29 is 37.3 Å². The summed E-state index contributed by atoms with van der Waals surface area (Å²) >= 11 is 0. The van der Waals surface area contributed by atoms with Crippen molar-refractivity contribution in [2.24, 2.45) is 0 Å². The van der Waals surface area contributed by atoms with Crippen LogP contribution in [-0.4, -0.2) is 109 Å². The molecule has 0 aliphatic carbocycles. The van der Waals surface area contributed by atoms with Crippen molar-refractivity contribution in [3.8, 4) is 0 Å². The van der Waals surface area contributed by atoms with Gasteiger partial charge < -0.3 is 37.3 Å². The molecule has 0 rings (SSSR count). The molecule has 36 heavy (non-hydrogen) atoms. The van der Waals surface area contributed by atoms with Crippen LogP contribution in [0.25, 0.3) is 0 Å². The Morgan fingerprint density at radius 1 is 0.333 bits per heavy atom. The Bertz CT molecular complexity index is 473. The van der Waals surface area contributed by atoms with Gasteiger partial charge >= 0.3 is 0 Å². The van der Waals surface area contributed by atoms with Crippen molar-refractivity contribution in [1.29, 1.82) is 0 Å². The Kier molecular flexibility index (Phi) is 19.3. The average Bonchev–Trinajstić information content (AvgIpc) is 2.75. The zero-order valence-electron chi connectivity index (χ0n) is 25.2. The molecule has 0 bridgehead atoms. The molecule has 0 unspecified atom stereocenters. The van der Waals surface area contributed by atoms with Crippen LogP contribution in [0.15, 0.2) is 0 Å². The van der Waals surface area contributed by atoms with E-state index < -0.39 is 16.6 Å². The molecule has 0 aromatic carbocycles. The Morgan fingerprint density at radius 2 is 0.500 bits per heavy atom. The Labute approximate surface area is 224 Å². The molecule has 0 heterocycles. The van der Waals surface area contributed by atoms with Gasteiger partial charge in [0, 0.05) is 0 Å². The molecule has 8 nitrogen and oxygen atoms in total. The standard InChI is InChI=1S/C26H58O8Si2/c1-25(2,3)35(7,8)33-23-21-31-19-17-29-15-13-27-11-12-28-14-16-30-18-20-32-22-24-34-36(9,10)26(4,5)6/h11-24H2,1-10H3. The van der Waals surface area contributed by atoms with Gasteiger partial charge in [-0.3, -0.25) is 0 Å². The molecule has 0 saturated carbocycles. The molecule has 218 valence electrons. The van der Waals surface area contributed by atoms with Crippen molar-refractivity contribution in [3.63, 3.8) is 0 Å². The van der Waals surface area contributed by atoms with E-state index in [1.807, 2.05) is 0 Å². The van der Waals surface area contributed by atoms with Gasteiger partial charge in [0.25, 0.3) is 0 Å². The highest BCUT2D eigenvalue weighted by atomic mass is 28.4. The second-order valence-electron chi connectivity index (χ2n) is 11.9. The summed E-state index contributed by atoms with van der Waals surface area (Å²) in [5, 5.41) is 0.455. The largest absolute Gasteiger partial charge is 0.414 e. The summed E-state index contributed by atoms with van der Waals surface area (Å²) in [6, 6.07) is 0. The van der Waals surface area contributed by atoms with Crippen LogP contribution in [-0.2, 0) is 37.3 Å². The van der Waals surface area contributed by atoms with Gasteiger partial charge in [0.1, 0.15) is 0 Å². The number of hydrogen-bond donors (Lipinski definition) is 0. The molecule has 0 fully saturated rings. The number of ether oxygens (including phenoxy) is 6. The number of rotatable bonds is 23. The third-order valence-electron chi connectivity index (χ3n) is 6.85. The molecule has 0 saturated heterocycles. The fraction of sp³-hybridized carbons (Fsp3) is 1.00. The highest BCUT2D eigenvalue weighted by Gasteiger charge is 2.37. The monoisotopic (exact) mass is 554 g/mol. The molecular weight excluding hydrogens is 496 g/mol. The normalized spacial score (nSPS) is 13.5. The van der Waals surface area contributed by atoms with Gasteiger partial charge in [-0.1, -0.05) is 41.5 Å². The molecule has 10 heteroatoms. The van der Waals surface area contributed by atoms with E-state index in [-0.39, 0.29) is 10.1 Å². The maximum Gasteiger partial charge on any atom is 0.192 e. The molecule has 0 radical (unpaired) electrons. The summed E-state index contributed by atoms with van der Waals surface area (Å²) in [5.41, 5.74) is 0. The Hall–Kier alpha value is 0.114. The van der Waals surface area contributed by atoms with Crippen molar-refractivity contribution in [3.05, 3.63) is 0 Å². The zero-order chi connectivity index (χ0) is 27.6. The summed E-state index contributed by atoms with van der Waals surface area (Å²) in [7, 11) is -3.36. The minimum atomic E-state index is -1.68. The minimum absolute atomic E-state index is 0.227. The Morgan fingerprint density at radius 3 is 0.667 bits per heavy atom. The van der Waals surface area contributed by atoms with Crippen LogP contribution in [0, 0.1) is 0 Å². The van der Waals surface area contributed by atoms with Crippen molar-refractivity contribution in [2.75, 3.05) is 92.5 Å². The van der Waals surface area contributed by atoms with Gasteiger partial charge in [-0.15, -0.1) is 0 Å². The maximum absolute atomic E-state index is 6.07. The lowest BCUT2D eigenvalue weighted by molar-refractivity contribution is -0.0190. The van der Waals surface area contributed by atoms with E-state index in [4.69, 9.17) is 37.3 Å². The number of hydrogen-bond acceptors (Lipinski definition) is 8. The highest BCUT2D eigenvalue weighted by molar-refractivity contribution is 6.74.